The van der Waals surface area contributed by atoms with Gasteiger partial charge < -0.3 is 5.32 Å². The van der Waals surface area contributed by atoms with Gasteiger partial charge in [-0.1, -0.05) is 6.07 Å². The average Bonchev–Trinajstić information content (AvgIpc) is 3.00. The van der Waals surface area contributed by atoms with Crippen molar-refractivity contribution in [2.24, 2.45) is 7.05 Å². The van der Waals surface area contributed by atoms with E-state index in [0.29, 0.717) is 11.3 Å². The lowest BCUT2D eigenvalue weighted by Gasteiger charge is -2.09. The first kappa shape index (κ1) is 19.1. The Balaban J connectivity index is 1.46. The molecule has 3 aromatic heterocycles. The Morgan fingerprint density at radius 3 is 2.66 bits per heavy atom. The number of carbonyl (C=O) groups is 1. The molecule has 4 aromatic rings. The zero-order valence-corrected chi connectivity index (χ0v) is 17.3. The maximum atomic E-state index is 12.8. The topological polar surface area (TPSA) is 72.7 Å². The first-order chi connectivity index (χ1) is 14.0. The van der Waals surface area contributed by atoms with Crippen molar-refractivity contribution >= 4 is 34.4 Å². The van der Waals surface area contributed by atoms with E-state index in [1.165, 1.54) is 5.56 Å². The highest BCUT2D eigenvalue weighted by Crippen LogP contribution is 2.25. The fraction of sp³-hybridized carbons (Fsp3) is 0.182. The number of carbonyl (C=O) groups excluding carboxylic acids is 1. The van der Waals surface area contributed by atoms with E-state index in [0.717, 1.165) is 33.1 Å². The molecule has 0 bridgehead atoms. The van der Waals surface area contributed by atoms with Gasteiger partial charge in [-0.05, 0) is 55.8 Å². The van der Waals surface area contributed by atoms with Gasteiger partial charge in [-0.25, -0.2) is 4.98 Å². The summed E-state index contributed by atoms with van der Waals surface area (Å²) in [6.45, 7) is 3.76. The molecular formula is C22H21N5OS. The number of amides is 1. The molecule has 3 heterocycles. The van der Waals surface area contributed by atoms with Gasteiger partial charge in [0.25, 0.3) is 5.91 Å². The summed E-state index contributed by atoms with van der Waals surface area (Å²) in [6, 6.07) is 13.7. The third-order valence-electron chi connectivity index (χ3n) is 4.67. The Morgan fingerprint density at radius 1 is 1.14 bits per heavy atom. The van der Waals surface area contributed by atoms with E-state index in [2.05, 4.69) is 26.4 Å². The summed E-state index contributed by atoms with van der Waals surface area (Å²) in [4.78, 5) is 22.6. The van der Waals surface area contributed by atoms with Crippen molar-refractivity contribution in [1.82, 2.24) is 19.7 Å². The van der Waals surface area contributed by atoms with Gasteiger partial charge in [0.2, 0.25) is 0 Å². The first-order valence-electron chi connectivity index (χ1n) is 9.25. The molecule has 0 aliphatic carbocycles. The Hall–Kier alpha value is -3.19. The van der Waals surface area contributed by atoms with Crippen LogP contribution in [0.25, 0.3) is 11.0 Å². The van der Waals surface area contributed by atoms with Crippen molar-refractivity contribution in [2.75, 3.05) is 5.32 Å². The summed E-state index contributed by atoms with van der Waals surface area (Å²) in [5.41, 5.74) is 4.82. The number of aromatic nitrogens is 4. The first-order valence-corrected chi connectivity index (χ1v) is 10.2. The molecule has 0 aliphatic heterocycles. The van der Waals surface area contributed by atoms with Crippen LogP contribution in [0.3, 0.4) is 0 Å². The number of thioether (sulfide) groups is 1. The van der Waals surface area contributed by atoms with Crippen LogP contribution in [-0.4, -0.2) is 25.7 Å². The molecule has 6 nitrogen and oxygen atoms in total. The molecule has 0 radical (unpaired) electrons. The lowest BCUT2D eigenvalue weighted by Crippen LogP contribution is -2.14. The van der Waals surface area contributed by atoms with Crippen molar-refractivity contribution in [2.45, 2.75) is 24.5 Å². The molecule has 1 aromatic carbocycles. The molecular weight excluding hydrogens is 382 g/mol. The van der Waals surface area contributed by atoms with Crippen molar-refractivity contribution in [3.63, 3.8) is 0 Å². The Bertz CT molecular complexity index is 1170. The number of nitrogens with zero attached hydrogens (tertiary/aromatic N) is 4. The van der Waals surface area contributed by atoms with Crippen LogP contribution in [0.4, 0.5) is 5.69 Å². The molecule has 0 saturated carbocycles. The monoisotopic (exact) mass is 403 g/mol. The summed E-state index contributed by atoms with van der Waals surface area (Å²) in [6.07, 6.45) is 3.65. The molecule has 0 unspecified atom stereocenters. The lowest BCUT2D eigenvalue weighted by molar-refractivity contribution is 0.102. The van der Waals surface area contributed by atoms with Crippen LogP contribution in [0.5, 0.6) is 0 Å². The van der Waals surface area contributed by atoms with Gasteiger partial charge >= 0.3 is 0 Å². The Morgan fingerprint density at radius 2 is 1.93 bits per heavy atom. The summed E-state index contributed by atoms with van der Waals surface area (Å²) in [5, 5.41) is 8.24. The zero-order chi connectivity index (χ0) is 20.4. The van der Waals surface area contributed by atoms with E-state index < -0.39 is 0 Å². The fourth-order valence-electron chi connectivity index (χ4n) is 3.14. The van der Waals surface area contributed by atoms with Crippen molar-refractivity contribution in [3.05, 3.63) is 77.4 Å². The Labute approximate surface area is 173 Å². The maximum Gasteiger partial charge on any atom is 0.257 e. The summed E-state index contributed by atoms with van der Waals surface area (Å²) in [5.74, 6) is 0.686. The van der Waals surface area contributed by atoms with Gasteiger partial charge in [-0.2, -0.15) is 5.10 Å². The number of fused-ring (bicyclic) bond motifs is 1. The number of pyridine rings is 2. The maximum absolute atomic E-state index is 12.8. The minimum atomic E-state index is -0.170. The van der Waals surface area contributed by atoms with Crippen LogP contribution in [0, 0.1) is 13.8 Å². The van der Waals surface area contributed by atoms with Gasteiger partial charge in [0, 0.05) is 41.2 Å². The molecule has 7 heteroatoms. The van der Waals surface area contributed by atoms with Crippen molar-refractivity contribution in [1.29, 1.82) is 0 Å². The molecule has 0 aliphatic rings. The summed E-state index contributed by atoms with van der Waals surface area (Å²) >= 11 is 1.73. The second kappa shape index (κ2) is 8.05. The third kappa shape index (κ3) is 4.14. The SMILES string of the molecule is Cc1nc2c(cc1C(=O)Nc1ccc(SCc3cccnc3)cc1)c(C)nn2C. The van der Waals surface area contributed by atoms with E-state index in [-0.39, 0.29) is 5.91 Å². The molecule has 146 valence electrons. The van der Waals surface area contributed by atoms with E-state index in [4.69, 9.17) is 0 Å². The third-order valence-corrected chi connectivity index (χ3v) is 5.76. The number of nitrogens with one attached hydrogen (secondary N) is 1. The van der Waals surface area contributed by atoms with Gasteiger partial charge in [-0.15, -0.1) is 11.8 Å². The predicted octanol–water partition coefficient (Wildman–Crippen LogP) is 4.52. The average molecular weight is 404 g/mol. The smallest absolute Gasteiger partial charge is 0.257 e. The van der Waals surface area contributed by atoms with Crippen LogP contribution < -0.4 is 5.32 Å². The van der Waals surface area contributed by atoms with Gasteiger partial charge in [-0.3, -0.25) is 14.5 Å². The molecule has 0 spiro atoms. The van der Waals surface area contributed by atoms with Crippen LogP contribution in [-0.2, 0) is 12.8 Å². The second-order valence-electron chi connectivity index (χ2n) is 6.83. The molecule has 1 N–H and O–H groups in total. The zero-order valence-electron chi connectivity index (χ0n) is 16.5. The van der Waals surface area contributed by atoms with E-state index in [9.17, 15) is 4.79 Å². The van der Waals surface area contributed by atoms with E-state index in [1.54, 1.807) is 22.6 Å². The van der Waals surface area contributed by atoms with Crippen LogP contribution in [0.1, 0.15) is 27.3 Å². The molecule has 0 atom stereocenters. The number of anilines is 1. The number of benzene rings is 1. The quantitative estimate of drug-likeness (QED) is 0.496. The molecule has 0 saturated heterocycles. The van der Waals surface area contributed by atoms with Gasteiger partial charge in [0.05, 0.1) is 17.0 Å². The molecule has 29 heavy (non-hydrogen) atoms. The largest absolute Gasteiger partial charge is 0.322 e. The van der Waals surface area contributed by atoms with Crippen LogP contribution in [0.2, 0.25) is 0 Å². The summed E-state index contributed by atoms with van der Waals surface area (Å²) < 4.78 is 1.74. The molecule has 1 amide bonds. The number of hydrogen-bond acceptors (Lipinski definition) is 5. The standard InChI is InChI=1S/C22H21N5OS/c1-14-20(11-19-15(2)26-27(3)21(19)24-14)22(28)25-17-6-8-18(9-7-17)29-13-16-5-4-10-23-12-16/h4-12H,13H2,1-3H3,(H,25,28). The second-order valence-corrected chi connectivity index (χ2v) is 7.88. The highest BCUT2D eigenvalue weighted by atomic mass is 32.2. The summed E-state index contributed by atoms with van der Waals surface area (Å²) in [7, 11) is 1.86. The Kier molecular flexibility index (Phi) is 5.31. The fourth-order valence-corrected chi connectivity index (χ4v) is 3.98. The minimum Gasteiger partial charge on any atom is -0.322 e. The van der Waals surface area contributed by atoms with Gasteiger partial charge in [0.15, 0.2) is 5.65 Å². The van der Waals surface area contributed by atoms with E-state index in [1.807, 2.05) is 63.5 Å². The number of aryl methyl sites for hydroxylation is 3. The minimum absolute atomic E-state index is 0.170. The number of rotatable bonds is 5. The predicted molar refractivity (Wildman–Crippen MR) is 116 cm³/mol. The van der Waals surface area contributed by atoms with E-state index >= 15 is 0 Å². The highest BCUT2D eigenvalue weighted by Gasteiger charge is 2.15. The number of hydrogen-bond donors (Lipinski definition) is 1. The highest BCUT2D eigenvalue weighted by molar-refractivity contribution is 7.98. The molecule has 4 rings (SSSR count). The van der Waals surface area contributed by atoms with Crippen molar-refractivity contribution < 1.29 is 4.79 Å². The normalized spacial score (nSPS) is 11.0. The van der Waals surface area contributed by atoms with Gasteiger partial charge in [0.1, 0.15) is 0 Å². The van der Waals surface area contributed by atoms with Crippen molar-refractivity contribution in [3.8, 4) is 0 Å². The lowest BCUT2D eigenvalue weighted by atomic mass is 10.1. The van der Waals surface area contributed by atoms with Crippen LogP contribution in [0.15, 0.2) is 59.8 Å². The molecule has 0 fully saturated rings. The van der Waals surface area contributed by atoms with Crippen LogP contribution >= 0.6 is 11.8 Å².